The van der Waals surface area contributed by atoms with Gasteiger partial charge in [-0.15, -0.1) is 0 Å². The number of anilines is 2. The minimum atomic E-state index is -0.702. The molecule has 3 rings (SSSR count). The molecule has 0 aliphatic rings. The molecule has 0 saturated heterocycles. The largest absolute Gasteiger partial charge is 0.452 e. The lowest BCUT2D eigenvalue weighted by Gasteiger charge is -2.12. The summed E-state index contributed by atoms with van der Waals surface area (Å²) in [4.78, 5) is 28.2. The van der Waals surface area contributed by atoms with Crippen molar-refractivity contribution in [2.45, 2.75) is 0 Å². The number of halogens is 2. The van der Waals surface area contributed by atoms with E-state index in [9.17, 15) is 9.59 Å². The van der Waals surface area contributed by atoms with E-state index in [0.717, 1.165) is 0 Å². The first-order valence-electron chi connectivity index (χ1n) is 7.60. The smallest absolute Gasteiger partial charge is 0.340 e. The summed E-state index contributed by atoms with van der Waals surface area (Å²) in [5.74, 6) is -1.24. The van der Waals surface area contributed by atoms with Gasteiger partial charge in [0.15, 0.2) is 6.61 Å². The Bertz CT molecular complexity index is 994. The third kappa shape index (κ3) is 4.63. The Morgan fingerprint density at radius 1 is 1.26 bits per heavy atom. The van der Waals surface area contributed by atoms with Gasteiger partial charge in [-0.05, 0) is 36.4 Å². The average Bonchev–Trinajstić information content (AvgIpc) is 3.16. The maximum Gasteiger partial charge on any atom is 0.340 e. The van der Waals surface area contributed by atoms with Gasteiger partial charge < -0.3 is 15.8 Å². The molecule has 1 amide bonds. The molecule has 1 heterocycles. The second kappa shape index (κ2) is 8.19. The first kappa shape index (κ1) is 18.9. The predicted molar refractivity (Wildman–Crippen MR) is 104 cm³/mol. The fourth-order valence-corrected chi connectivity index (χ4v) is 2.77. The molecule has 138 valence electrons. The first-order chi connectivity index (χ1) is 12.9. The highest BCUT2D eigenvalue weighted by atomic mass is 79.9. The van der Waals surface area contributed by atoms with Gasteiger partial charge >= 0.3 is 5.97 Å². The minimum absolute atomic E-state index is 0.170. The second-order valence-electron chi connectivity index (χ2n) is 5.36. The van der Waals surface area contributed by atoms with E-state index in [4.69, 9.17) is 22.1 Å². The highest BCUT2D eigenvalue weighted by molar-refractivity contribution is 9.10. The number of amides is 1. The van der Waals surface area contributed by atoms with Crippen LogP contribution in [0, 0.1) is 0 Å². The number of carbonyl (C=O) groups is 2. The topological polar surface area (TPSA) is 112 Å². The van der Waals surface area contributed by atoms with E-state index in [1.165, 1.54) is 23.4 Å². The van der Waals surface area contributed by atoms with Crippen molar-refractivity contribution in [3.05, 3.63) is 64.1 Å². The van der Waals surface area contributed by atoms with Gasteiger partial charge in [0.2, 0.25) is 0 Å². The van der Waals surface area contributed by atoms with Crippen LogP contribution in [0.5, 0.6) is 0 Å². The molecule has 2 aromatic carbocycles. The summed E-state index contributed by atoms with van der Waals surface area (Å²) in [5.41, 5.74) is 7.15. The maximum absolute atomic E-state index is 12.2. The van der Waals surface area contributed by atoms with Crippen molar-refractivity contribution in [1.29, 1.82) is 0 Å². The number of nitrogens with one attached hydrogen (secondary N) is 1. The van der Waals surface area contributed by atoms with Crippen LogP contribution in [0.25, 0.3) is 5.69 Å². The van der Waals surface area contributed by atoms with E-state index >= 15 is 0 Å². The average molecular weight is 451 g/mol. The van der Waals surface area contributed by atoms with Crippen LogP contribution >= 0.6 is 27.5 Å². The van der Waals surface area contributed by atoms with Crippen molar-refractivity contribution in [3.8, 4) is 5.69 Å². The molecule has 3 aromatic rings. The van der Waals surface area contributed by atoms with Crippen molar-refractivity contribution < 1.29 is 14.3 Å². The van der Waals surface area contributed by atoms with Gasteiger partial charge in [-0.25, -0.2) is 14.5 Å². The van der Waals surface area contributed by atoms with Crippen LogP contribution in [0.2, 0.25) is 5.02 Å². The number of benzene rings is 2. The highest BCUT2D eigenvalue weighted by Gasteiger charge is 2.15. The molecule has 0 saturated carbocycles. The molecule has 0 spiro atoms. The molecule has 0 fully saturated rings. The molecular formula is C17H13BrClN5O3. The van der Waals surface area contributed by atoms with E-state index in [0.29, 0.717) is 20.9 Å². The van der Waals surface area contributed by atoms with Gasteiger partial charge in [0.05, 0.1) is 16.9 Å². The summed E-state index contributed by atoms with van der Waals surface area (Å²) in [6, 6.07) is 9.69. The zero-order valence-corrected chi connectivity index (χ0v) is 16.1. The van der Waals surface area contributed by atoms with Gasteiger partial charge in [0, 0.05) is 15.2 Å². The van der Waals surface area contributed by atoms with Crippen molar-refractivity contribution in [2.75, 3.05) is 17.7 Å². The number of carbonyl (C=O) groups excluding carboxylic acids is 2. The third-order valence-electron chi connectivity index (χ3n) is 3.47. The lowest BCUT2D eigenvalue weighted by Crippen LogP contribution is -2.22. The fraction of sp³-hybridized carbons (Fsp3) is 0.0588. The predicted octanol–water partition coefficient (Wildman–Crippen LogP) is 3.06. The summed E-state index contributed by atoms with van der Waals surface area (Å²) in [7, 11) is 0. The Morgan fingerprint density at radius 3 is 2.81 bits per heavy atom. The first-order valence-corrected chi connectivity index (χ1v) is 8.77. The number of aromatic nitrogens is 3. The van der Waals surface area contributed by atoms with Gasteiger partial charge in [0.1, 0.15) is 12.7 Å². The summed E-state index contributed by atoms with van der Waals surface area (Å²) in [5, 5.41) is 7.09. The lowest BCUT2D eigenvalue weighted by atomic mass is 10.2. The third-order valence-corrected chi connectivity index (χ3v) is 4.20. The SMILES string of the molecule is Nc1ccc(Br)cc1C(=O)OCC(=O)Nc1cc(Cl)ccc1-n1cncn1. The van der Waals surface area contributed by atoms with Crippen molar-refractivity contribution >= 4 is 50.8 Å². The molecule has 0 unspecified atom stereocenters. The highest BCUT2D eigenvalue weighted by Crippen LogP contribution is 2.24. The number of hydrogen-bond acceptors (Lipinski definition) is 6. The Kier molecular flexibility index (Phi) is 5.72. The van der Waals surface area contributed by atoms with Gasteiger partial charge in [0.25, 0.3) is 5.91 Å². The second-order valence-corrected chi connectivity index (χ2v) is 6.71. The van der Waals surface area contributed by atoms with E-state index < -0.39 is 18.5 Å². The van der Waals surface area contributed by atoms with Crippen LogP contribution in [0.4, 0.5) is 11.4 Å². The number of esters is 1. The van der Waals surface area contributed by atoms with Gasteiger partial charge in [-0.1, -0.05) is 27.5 Å². The Labute approximate surface area is 167 Å². The van der Waals surface area contributed by atoms with Crippen LogP contribution in [-0.4, -0.2) is 33.2 Å². The number of rotatable bonds is 5. The number of nitrogens with zero attached hydrogens (tertiary/aromatic N) is 3. The van der Waals surface area contributed by atoms with Crippen molar-refractivity contribution in [2.24, 2.45) is 0 Å². The van der Waals surface area contributed by atoms with E-state index in [-0.39, 0.29) is 11.3 Å². The minimum Gasteiger partial charge on any atom is -0.452 e. The van der Waals surface area contributed by atoms with E-state index in [2.05, 4.69) is 31.3 Å². The zero-order valence-electron chi connectivity index (χ0n) is 13.7. The summed E-state index contributed by atoms with van der Waals surface area (Å²) in [6.45, 7) is -0.492. The molecule has 0 radical (unpaired) electrons. The number of nitrogen functional groups attached to an aromatic ring is 1. The molecule has 27 heavy (non-hydrogen) atoms. The number of nitrogens with two attached hydrogens (primary N) is 1. The lowest BCUT2D eigenvalue weighted by molar-refractivity contribution is -0.119. The molecule has 0 atom stereocenters. The standard InChI is InChI=1S/C17H13BrClN5O3/c18-10-1-3-13(20)12(5-10)17(26)27-7-16(25)23-14-6-11(19)2-4-15(14)24-9-21-8-22-24/h1-6,8-9H,7,20H2,(H,23,25). The molecule has 0 aliphatic heterocycles. The fourth-order valence-electron chi connectivity index (χ4n) is 2.24. The van der Waals surface area contributed by atoms with E-state index in [1.807, 2.05) is 0 Å². The van der Waals surface area contributed by atoms with Crippen LogP contribution in [-0.2, 0) is 9.53 Å². The van der Waals surface area contributed by atoms with E-state index in [1.54, 1.807) is 30.3 Å². The van der Waals surface area contributed by atoms with Crippen molar-refractivity contribution in [1.82, 2.24) is 14.8 Å². The van der Waals surface area contributed by atoms with Crippen LogP contribution in [0.1, 0.15) is 10.4 Å². The maximum atomic E-state index is 12.2. The molecule has 1 aromatic heterocycles. The zero-order chi connectivity index (χ0) is 19.4. The molecule has 3 N–H and O–H groups in total. The number of hydrogen-bond donors (Lipinski definition) is 2. The van der Waals surface area contributed by atoms with Gasteiger partial charge in [-0.3, -0.25) is 4.79 Å². The summed E-state index contributed by atoms with van der Waals surface area (Å²) in [6.07, 6.45) is 2.85. The summed E-state index contributed by atoms with van der Waals surface area (Å²) < 4.78 is 7.18. The van der Waals surface area contributed by atoms with Crippen molar-refractivity contribution in [3.63, 3.8) is 0 Å². The Morgan fingerprint density at radius 2 is 2.07 bits per heavy atom. The molecule has 0 bridgehead atoms. The van der Waals surface area contributed by atoms with Gasteiger partial charge in [-0.2, -0.15) is 5.10 Å². The normalized spacial score (nSPS) is 10.4. The van der Waals surface area contributed by atoms with Crippen LogP contribution in [0.15, 0.2) is 53.5 Å². The number of ether oxygens (including phenoxy) is 1. The van der Waals surface area contributed by atoms with Crippen LogP contribution < -0.4 is 11.1 Å². The molecular weight excluding hydrogens is 438 g/mol. The monoisotopic (exact) mass is 449 g/mol. The summed E-state index contributed by atoms with van der Waals surface area (Å²) >= 11 is 9.26. The molecule has 8 nitrogen and oxygen atoms in total. The Balaban J connectivity index is 1.69. The van der Waals surface area contributed by atoms with Crippen LogP contribution in [0.3, 0.4) is 0 Å². The Hall–Kier alpha value is -2.91. The molecule has 0 aliphatic carbocycles. The molecule has 10 heteroatoms. The quantitative estimate of drug-likeness (QED) is 0.456.